The summed E-state index contributed by atoms with van der Waals surface area (Å²) in [6, 6.07) is 10.6. The zero-order valence-electron chi connectivity index (χ0n) is 10.7. The van der Waals surface area contributed by atoms with Crippen molar-refractivity contribution in [1.29, 1.82) is 0 Å². The normalized spacial score (nSPS) is 9.75. The Morgan fingerprint density at radius 2 is 1.65 bits per heavy atom. The molecule has 0 aliphatic carbocycles. The molecule has 102 valence electrons. The zero-order valence-corrected chi connectivity index (χ0v) is 10.7. The molecule has 2 aromatic rings. The second kappa shape index (κ2) is 6.69. The van der Waals surface area contributed by atoms with Crippen LogP contribution in [0, 0.1) is 23.5 Å². The Hall–Kier alpha value is -2.38. The quantitative estimate of drug-likeness (QED) is 0.873. The van der Waals surface area contributed by atoms with E-state index < -0.39 is 11.6 Å². The third-order valence-corrected chi connectivity index (χ3v) is 2.63. The van der Waals surface area contributed by atoms with E-state index in [0.717, 1.165) is 5.56 Å². The molecule has 0 saturated heterocycles. The average Bonchev–Trinajstić information content (AvgIpc) is 2.46. The van der Waals surface area contributed by atoms with Crippen LogP contribution in [0.25, 0.3) is 0 Å². The monoisotopic (exact) mass is 273 g/mol. The van der Waals surface area contributed by atoms with Crippen LogP contribution in [0.15, 0.2) is 42.5 Å². The van der Waals surface area contributed by atoms with Gasteiger partial charge in [-0.25, -0.2) is 8.78 Å². The minimum atomic E-state index is -0.615. The minimum Gasteiger partial charge on any atom is -0.489 e. The molecule has 2 N–H and O–H groups in total. The molecule has 4 heteroatoms. The van der Waals surface area contributed by atoms with Gasteiger partial charge in [0, 0.05) is 5.56 Å². The maximum Gasteiger partial charge on any atom is 0.132 e. The Bertz CT molecular complexity index is 622. The van der Waals surface area contributed by atoms with Crippen LogP contribution >= 0.6 is 0 Å². The van der Waals surface area contributed by atoms with E-state index in [4.69, 9.17) is 10.5 Å². The first-order valence-electron chi connectivity index (χ1n) is 6.05. The number of benzene rings is 2. The largest absolute Gasteiger partial charge is 0.489 e. The highest BCUT2D eigenvalue weighted by Gasteiger charge is 2.08. The Labute approximate surface area is 116 Å². The Kier molecular flexibility index (Phi) is 4.70. The van der Waals surface area contributed by atoms with Gasteiger partial charge >= 0.3 is 0 Å². The van der Waals surface area contributed by atoms with Crippen LogP contribution in [0.3, 0.4) is 0 Å². The standard InChI is InChI=1S/C16H13F2NO/c17-15-4-1-5-16(18)14(15)11-20-13-8-6-12(7-9-13)3-2-10-19/h1,4-9H,10-11,19H2. The molecule has 20 heavy (non-hydrogen) atoms. The van der Waals surface area contributed by atoms with Crippen LogP contribution < -0.4 is 10.5 Å². The van der Waals surface area contributed by atoms with E-state index in [0.29, 0.717) is 12.3 Å². The molecule has 0 aliphatic rings. The molecule has 0 unspecified atom stereocenters. The van der Waals surface area contributed by atoms with Gasteiger partial charge in [-0.15, -0.1) is 0 Å². The van der Waals surface area contributed by atoms with E-state index in [1.165, 1.54) is 18.2 Å². The van der Waals surface area contributed by atoms with E-state index >= 15 is 0 Å². The SMILES string of the molecule is NCC#Cc1ccc(OCc2c(F)cccc2F)cc1. The highest BCUT2D eigenvalue weighted by atomic mass is 19.1. The summed E-state index contributed by atoms with van der Waals surface area (Å²) in [6.45, 7) is 0.136. The van der Waals surface area contributed by atoms with Gasteiger partial charge < -0.3 is 10.5 Å². The predicted octanol–water partition coefficient (Wildman–Crippen LogP) is 2.85. The Balaban J connectivity index is 2.04. The van der Waals surface area contributed by atoms with Crippen LogP contribution in [0.1, 0.15) is 11.1 Å². The predicted molar refractivity (Wildman–Crippen MR) is 73.1 cm³/mol. The molecule has 0 amide bonds. The van der Waals surface area contributed by atoms with Crippen molar-refractivity contribution in [3.05, 3.63) is 65.2 Å². The zero-order chi connectivity index (χ0) is 14.4. The first kappa shape index (κ1) is 14.0. The van der Waals surface area contributed by atoms with Gasteiger partial charge in [0.15, 0.2) is 0 Å². The molecule has 0 spiro atoms. The number of halogens is 2. The highest BCUT2D eigenvalue weighted by Crippen LogP contribution is 2.17. The van der Waals surface area contributed by atoms with Crippen molar-refractivity contribution in [2.75, 3.05) is 6.54 Å². The Morgan fingerprint density at radius 3 is 2.25 bits per heavy atom. The van der Waals surface area contributed by atoms with Crippen LogP contribution in [-0.2, 0) is 6.61 Å². The third-order valence-electron chi connectivity index (χ3n) is 2.63. The van der Waals surface area contributed by atoms with Gasteiger partial charge in [-0.3, -0.25) is 0 Å². The molecule has 0 radical (unpaired) electrons. The third kappa shape index (κ3) is 3.56. The van der Waals surface area contributed by atoms with E-state index in [9.17, 15) is 8.78 Å². The number of hydrogen-bond acceptors (Lipinski definition) is 2. The fourth-order valence-electron chi connectivity index (χ4n) is 1.61. The van der Waals surface area contributed by atoms with E-state index in [1.54, 1.807) is 24.3 Å². The molecule has 0 atom stereocenters. The topological polar surface area (TPSA) is 35.2 Å². The van der Waals surface area contributed by atoms with Crippen molar-refractivity contribution in [2.24, 2.45) is 5.73 Å². The lowest BCUT2D eigenvalue weighted by molar-refractivity contribution is 0.292. The van der Waals surface area contributed by atoms with Gasteiger partial charge in [-0.2, -0.15) is 0 Å². The van der Waals surface area contributed by atoms with E-state index in [1.807, 2.05) is 0 Å². The van der Waals surface area contributed by atoms with Crippen LogP contribution in [0.4, 0.5) is 8.78 Å². The molecule has 0 aliphatic heterocycles. The Morgan fingerprint density at radius 1 is 1.00 bits per heavy atom. The number of nitrogens with two attached hydrogens (primary N) is 1. The fourth-order valence-corrected chi connectivity index (χ4v) is 1.61. The van der Waals surface area contributed by atoms with Crippen molar-refractivity contribution in [3.8, 4) is 17.6 Å². The van der Waals surface area contributed by atoms with Crippen LogP contribution in [0.5, 0.6) is 5.75 Å². The van der Waals surface area contributed by atoms with Crippen molar-refractivity contribution in [2.45, 2.75) is 6.61 Å². The summed E-state index contributed by atoms with van der Waals surface area (Å²) in [6.07, 6.45) is 0. The van der Waals surface area contributed by atoms with Crippen LogP contribution in [0.2, 0.25) is 0 Å². The summed E-state index contributed by atoms with van der Waals surface area (Å²) in [5.41, 5.74) is 6.00. The van der Waals surface area contributed by atoms with Gasteiger partial charge in [0.1, 0.15) is 24.0 Å². The number of hydrogen-bond donors (Lipinski definition) is 1. The fraction of sp³-hybridized carbons (Fsp3) is 0.125. The second-order valence-electron chi connectivity index (χ2n) is 4.02. The summed E-state index contributed by atoms with van der Waals surface area (Å²) in [7, 11) is 0. The molecule has 0 heterocycles. The molecule has 2 nitrogen and oxygen atoms in total. The summed E-state index contributed by atoms with van der Waals surface area (Å²) in [5.74, 6) is 4.90. The lowest BCUT2D eigenvalue weighted by Crippen LogP contribution is -2.01. The maximum atomic E-state index is 13.4. The first-order valence-corrected chi connectivity index (χ1v) is 6.05. The highest BCUT2D eigenvalue weighted by molar-refractivity contribution is 5.38. The van der Waals surface area contributed by atoms with E-state index in [-0.39, 0.29) is 12.2 Å². The first-order chi connectivity index (χ1) is 9.70. The molecule has 0 aromatic heterocycles. The summed E-state index contributed by atoms with van der Waals surface area (Å²) >= 11 is 0. The van der Waals surface area contributed by atoms with Gasteiger partial charge in [-0.1, -0.05) is 17.9 Å². The molecular weight excluding hydrogens is 260 g/mol. The van der Waals surface area contributed by atoms with E-state index in [2.05, 4.69) is 11.8 Å². The van der Waals surface area contributed by atoms with Crippen molar-refractivity contribution in [3.63, 3.8) is 0 Å². The van der Waals surface area contributed by atoms with Crippen molar-refractivity contribution >= 4 is 0 Å². The van der Waals surface area contributed by atoms with Crippen molar-refractivity contribution in [1.82, 2.24) is 0 Å². The second-order valence-corrected chi connectivity index (χ2v) is 4.02. The summed E-state index contributed by atoms with van der Waals surface area (Å²) in [4.78, 5) is 0. The molecule has 2 aromatic carbocycles. The molecule has 0 saturated carbocycles. The molecular formula is C16H13F2NO. The average molecular weight is 273 g/mol. The van der Waals surface area contributed by atoms with Gasteiger partial charge in [0.2, 0.25) is 0 Å². The van der Waals surface area contributed by atoms with Crippen molar-refractivity contribution < 1.29 is 13.5 Å². The smallest absolute Gasteiger partial charge is 0.132 e. The lowest BCUT2D eigenvalue weighted by Gasteiger charge is -2.08. The van der Waals surface area contributed by atoms with Gasteiger partial charge in [-0.05, 0) is 36.4 Å². The number of rotatable bonds is 3. The molecule has 2 rings (SSSR count). The molecule has 0 fully saturated rings. The minimum absolute atomic E-state index is 0.0838. The van der Waals surface area contributed by atoms with Gasteiger partial charge in [0.25, 0.3) is 0 Å². The summed E-state index contributed by atoms with van der Waals surface area (Å²) in [5, 5.41) is 0. The maximum absolute atomic E-state index is 13.4. The lowest BCUT2D eigenvalue weighted by atomic mass is 10.2. The molecule has 0 bridgehead atoms. The van der Waals surface area contributed by atoms with Gasteiger partial charge in [0.05, 0.1) is 12.1 Å². The summed E-state index contributed by atoms with van der Waals surface area (Å²) < 4.78 is 32.2. The number of ether oxygens (including phenoxy) is 1. The van der Waals surface area contributed by atoms with Crippen LogP contribution in [-0.4, -0.2) is 6.54 Å².